The van der Waals surface area contributed by atoms with E-state index in [4.69, 9.17) is 0 Å². The number of benzene rings is 1. The predicted octanol–water partition coefficient (Wildman–Crippen LogP) is 2.58. The first-order chi connectivity index (χ1) is 12.7. The Morgan fingerprint density at radius 2 is 1.88 bits per heavy atom. The highest BCUT2D eigenvalue weighted by atomic mass is 16.3. The Morgan fingerprint density at radius 1 is 1.08 bits per heavy atom. The maximum Gasteiger partial charge on any atom is 0.140 e. The summed E-state index contributed by atoms with van der Waals surface area (Å²) in [5.41, 5.74) is 4.12. The summed E-state index contributed by atoms with van der Waals surface area (Å²) in [5.74, 6) is 0.675. The van der Waals surface area contributed by atoms with Crippen LogP contribution in [-0.4, -0.2) is 34.6 Å². The topological polar surface area (TPSA) is 88.5 Å². The Kier molecular flexibility index (Phi) is 3.29. The number of phenols is 1. The number of hydrogen-bond acceptors (Lipinski definition) is 5. The summed E-state index contributed by atoms with van der Waals surface area (Å²) in [6.45, 7) is 0. The van der Waals surface area contributed by atoms with Crippen molar-refractivity contribution in [2.45, 2.75) is 24.9 Å². The van der Waals surface area contributed by atoms with Crippen molar-refractivity contribution in [1.29, 1.82) is 0 Å². The van der Waals surface area contributed by atoms with Crippen LogP contribution in [0.25, 0.3) is 11.2 Å². The Labute approximate surface area is 149 Å². The number of fused-ring (bicyclic) bond motifs is 1. The molecule has 1 saturated carbocycles. The van der Waals surface area contributed by atoms with Gasteiger partial charge in [-0.15, -0.1) is 5.10 Å². The first-order valence-corrected chi connectivity index (χ1v) is 8.55. The normalized spacial score (nSPS) is 15.4. The van der Waals surface area contributed by atoms with E-state index in [0.717, 1.165) is 35.3 Å². The Hall–Kier alpha value is -3.19. The van der Waals surface area contributed by atoms with Crippen molar-refractivity contribution in [3.8, 4) is 11.4 Å². The molecule has 0 bridgehead atoms. The van der Waals surface area contributed by atoms with E-state index in [1.165, 1.54) is 0 Å². The fraction of sp³-hybridized carbons (Fsp3) is 0.211. The lowest BCUT2D eigenvalue weighted by Gasteiger charge is -2.16. The molecule has 0 spiro atoms. The van der Waals surface area contributed by atoms with Crippen molar-refractivity contribution < 1.29 is 10.2 Å². The Balaban J connectivity index is 1.57. The van der Waals surface area contributed by atoms with E-state index in [2.05, 4.69) is 21.4 Å². The second kappa shape index (κ2) is 5.67. The van der Waals surface area contributed by atoms with E-state index in [1.807, 2.05) is 10.5 Å². The van der Waals surface area contributed by atoms with E-state index in [1.54, 1.807) is 47.7 Å². The van der Waals surface area contributed by atoms with Crippen LogP contribution in [0.1, 0.15) is 41.8 Å². The molecule has 4 aromatic rings. The van der Waals surface area contributed by atoms with Gasteiger partial charge in [0.25, 0.3) is 0 Å². The van der Waals surface area contributed by atoms with E-state index < -0.39 is 6.10 Å². The molecule has 5 rings (SSSR count). The molecule has 26 heavy (non-hydrogen) atoms. The number of aromatic hydroxyl groups is 1. The van der Waals surface area contributed by atoms with Crippen molar-refractivity contribution in [3.05, 3.63) is 72.1 Å². The second-order valence-corrected chi connectivity index (χ2v) is 6.64. The minimum atomic E-state index is -0.894. The number of nitrogens with zero attached hydrogens (tertiary/aromatic N) is 5. The fourth-order valence-corrected chi connectivity index (χ4v) is 3.33. The number of pyridine rings is 1. The van der Waals surface area contributed by atoms with Gasteiger partial charge in [0.2, 0.25) is 0 Å². The molecule has 0 saturated heterocycles. The van der Waals surface area contributed by atoms with Crippen LogP contribution in [0.2, 0.25) is 0 Å². The highest BCUT2D eigenvalue weighted by Crippen LogP contribution is 2.43. The average Bonchev–Trinajstić information content (AvgIpc) is 3.18. The van der Waals surface area contributed by atoms with Crippen LogP contribution in [0.15, 0.2) is 55.1 Å². The number of rotatable bonds is 4. The number of aliphatic hydroxyl groups excluding tert-OH is 1. The van der Waals surface area contributed by atoms with Crippen molar-refractivity contribution in [3.63, 3.8) is 0 Å². The van der Waals surface area contributed by atoms with Gasteiger partial charge in [0.1, 0.15) is 17.5 Å². The van der Waals surface area contributed by atoms with Crippen LogP contribution in [-0.2, 0) is 0 Å². The molecule has 0 aliphatic heterocycles. The van der Waals surface area contributed by atoms with E-state index in [0.29, 0.717) is 11.6 Å². The third kappa shape index (κ3) is 2.44. The van der Waals surface area contributed by atoms with Crippen LogP contribution >= 0.6 is 0 Å². The average molecular weight is 347 g/mol. The van der Waals surface area contributed by atoms with Crippen LogP contribution in [0.3, 0.4) is 0 Å². The smallest absolute Gasteiger partial charge is 0.140 e. The minimum Gasteiger partial charge on any atom is -0.508 e. The first-order valence-electron chi connectivity index (χ1n) is 8.55. The van der Waals surface area contributed by atoms with Gasteiger partial charge in [-0.25, -0.2) is 9.67 Å². The van der Waals surface area contributed by atoms with Crippen molar-refractivity contribution in [2.75, 3.05) is 0 Å². The van der Waals surface area contributed by atoms with E-state index >= 15 is 0 Å². The molecule has 1 fully saturated rings. The summed E-state index contributed by atoms with van der Waals surface area (Å²) in [7, 11) is 0. The van der Waals surface area contributed by atoms with Crippen LogP contribution in [0, 0.1) is 0 Å². The lowest BCUT2D eigenvalue weighted by Crippen LogP contribution is -2.10. The number of phenolic OH excluding ortho intramolecular Hbond substituents is 1. The van der Waals surface area contributed by atoms with Gasteiger partial charge in [-0.3, -0.25) is 4.40 Å². The summed E-state index contributed by atoms with van der Waals surface area (Å²) in [5, 5.41) is 28.8. The molecule has 7 nitrogen and oxygen atoms in total. The summed E-state index contributed by atoms with van der Waals surface area (Å²) in [4.78, 5) is 4.21. The molecule has 3 aromatic heterocycles. The van der Waals surface area contributed by atoms with Gasteiger partial charge in [0.15, 0.2) is 0 Å². The van der Waals surface area contributed by atoms with E-state index in [9.17, 15) is 10.2 Å². The highest BCUT2D eigenvalue weighted by molar-refractivity contribution is 5.51. The lowest BCUT2D eigenvalue weighted by molar-refractivity contribution is 0.207. The Bertz CT molecular complexity index is 1080. The number of aliphatic hydroxyl groups is 1. The molecule has 7 heteroatoms. The minimum absolute atomic E-state index is 0.190. The van der Waals surface area contributed by atoms with E-state index in [-0.39, 0.29) is 5.75 Å². The van der Waals surface area contributed by atoms with Gasteiger partial charge >= 0.3 is 0 Å². The van der Waals surface area contributed by atoms with Crippen LogP contribution < -0.4 is 0 Å². The zero-order chi connectivity index (χ0) is 17.7. The van der Waals surface area contributed by atoms with Crippen LogP contribution in [0.4, 0.5) is 0 Å². The molecule has 1 aromatic carbocycles. The molecule has 130 valence electrons. The van der Waals surface area contributed by atoms with Gasteiger partial charge < -0.3 is 10.2 Å². The molecule has 1 aliphatic rings. The summed E-state index contributed by atoms with van der Waals surface area (Å²) >= 11 is 0. The molecular weight excluding hydrogens is 330 g/mol. The molecule has 3 heterocycles. The van der Waals surface area contributed by atoms with Crippen molar-refractivity contribution in [1.82, 2.24) is 24.4 Å². The monoisotopic (exact) mass is 347 g/mol. The molecule has 2 N–H and O–H groups in total. The number of hydrogen-bond donors (Lipinski definition) is 2. The summed E-state index contributed by atoms with van der Waals surface area (Å²) < 4.78 is 3.51. The molecule has 0 radical (unpaired) electrons. The van der Waals surface area contributed by atoms with Gasteiger partial charge in [-0.2, -0.15) is 0 Å². The fourth-order valence-electron chi connectivity index (χ4n) is 3.33. The number of imidazole rings is 1. The summed E-state index contributed by atoms with van der Waals surface area (Å²) in [6.07, 6.45) is 6.60. The van der Waals surface area contributed by atoms with Crippen molar-refractivity contribution >= 4 is 5.52 Å². The number of aromatic nitrogens is 5. The standard InChI is InChI=1S/C19H17N5O2/c25-15-6-3-13(4-7-15)24-10-17(21-22-24)19(26)18-16(12-1-2-12)8-5-14-9-20-11-23(14)18/h3-12,19,25-26H,1-2H2/t19-/m0/s1. The van der Waals surface area contributed by atoms with Crippen molar-refractivity contribution in [2.24, 2.45) is 0 Å². The highest BCUT2D eigenvalue weighted by Gasteiger charge is 2.31. The van der Waals surface area contributed by atoms with Gasteiger partial charge in [0, 0.05) is 0 Å². The van der Waals surface area contributed by atoms with Gasteiger partial charge in [-0.05, 0) is 54.7 Å². The third-order valence-corrected chi connectivity index (χ3v) is 4.84. The largest absolute Gasteiger partial charge is 0.508 e. The quantitative estimate of drug-likeness (QED) is 0.592. The Morgan fingerprint density at radius 3 is 2.65 bits per heavy atom. The third-order valence-electron chi connectivity index (χ3n) is 4.84. The predicted molar refractivity (Wildman–Crippen MR) is 94.3 cm³/mol. The zero-order valence-corrected chi connectivity index (χ0v) is 13.9. The maximum absolute atomic E-state index is 11.1. The molecule has 0 amide bonds. The zero-order valence-electron chi connectivity index (χ0n) is 13.9. The summed E-state index contributed by atoms with van der Waals surface area (Å²) in [6, 6.07) is 10.8. The molecule has 1 aliphatic carbocycles. The van der Waals surface area contributed by atoms with Gasteiger partial charge in [-0.1, -0.05) is 11.3 Å². The first kappa shape index (κ1) is 15.1. The molecule has 0 unspecified atom stereocenters. The SMILES string of the molecule is Oc1ccc(-n2cc([C@H](O)c3c(C4CC4)ccc4cncn34)nn2)cc1. The van der Waals surface area contributed by atoms with Crippen LogP contribution in [0.5, 0.6) is 5.75 Å². The lowest BCUT2D eigenvalue weighted by atomic mass is 10.0. The second-order valence-electron chi connectivity index (χ2n) is 6.64. The molecular formula is C19H17N5O2. The molecule has 1 atom stereocenters. The van der Waals surface area contributed by atoms with Gasteiger partial charge in [0.05, 0.1) is 35.6 Å². The maximum atomic E-state index is 11.1.